The van der Waals surface area contributed by atoms with Crippen molar-refractivity contribution in [2.45, 2.75) is 26.4 Å². The van der Waals surface area contributed by atoms with E-state index in [4.69, 9.17) is 0 Å². The Labute approximate surface area is 101 Å². The van der Waals surface area contributed by atoms with E-state index in [0.29, 0.717) is 0 Å². The van der Waals surface area contributed by atoms with Crippen molar-refractivity contribution in [3.8, 4) is 0 Å². The van der Waals surface area contributed by atoms with Gasteiger partial charge in [0, 0.05) is 44.4 Å². The molecule has 2 rings (SSSR count). The Morgan fingerprint density at radius 1 is 1.18 bits per heavy atom. The molecule has 5 nitrogen and oxygen atoms in total. The normalized spacial score (nSPS) is 10.9. The second-order valence-electron chi connectivity index (χ2n) is 4.04. The number of nitrogens with one attached hydrogen (secondary N) is 1. The molecule has 0 fully saturated rings. The van der Waals surface area contributed by atoms with Crippen molar-refractivity contribution in [2.75, 3.05) is 13.1 Å². The van der Waals surface area contributed by atoms with E-state index in [-0.39, 0.29) is 0 Å². The van der Waals surface area contributed by atoms with Crippen LogP contribution in [-0.4, -0.2) is 32.4 Å². The summed E-state index contributed by atoms with van der Waals surface area (Å²) < 4.78 is 4.11. The van der Waals surface area contributed by atoms with Gasteiger partial charge in [0.2, 0.25) is 0 Å². The number of aryl methyl sites for hydroxylation is 2. The lowest BCUT2D eigenvalue weighted by molar-refractivity contribution is 0.524. The molecule has 92 valence electrons. The molecule has 0 aliphatic heterocycles. The van der Waals surface area contributed by atoms with Crippen LogP contribution in [0.2, 0.25) is 0 Å². The van der Waals surface area contributed by atoms with Crippen molar-refractivity contribution >= 4 is 0 Å². The fourth-order valence-electron chi connectivity index (χ4n) is 1.76. The lowest BCUT2D eigenvalue weighted by Crippen LogP contribution is -2.22. The first kappa shape index (κ1) is 11.9. The van der Waals surface area contributed by atoms with Crippen LogP contribution >= 0.6 is 0 Å². The maximum absolute atomic E-state index is 4.19. The highest BCUT2D eigenvalue weighted by atomic mass is 15.3. The van der Waals surface area contributed by atoms with E-state index in [2.05, 4.69) is 20.0 Å². The van der Waals surface area contributed by atoms with Gasteiger partial charge in [-0.15, -0.1) is 0 Å². The van der Waals surface area contributed by atoms with Crippen LogP contribution < -0.4 is 5.32 Å². The van der Waals surface area contributed by atoms with Gasteiger partial charge in [0.25, 0.3) is 0 Å². The molecular formula is C12H19N5. The predicted octanol–water partition coefficient (Wildman–Crippen LogP) is 1.07. The molecule has 0 saturated carbocycles. The van der Waals surface area contributed by atoms with Gasteiger partial charge in [-0.3, -0.25) is 4.68 Å². The van der Waals surface area contributed by atoms with Gasteiger partial charge in [0.15, 0.2) is 0 Å². The number of aromatic nitrogens is 4. The summed E-state index contributed by atoms with van der Waals surface area (Å²) in [6.07, 6.45) is 8.77. The fraction of sp³-hybridized carbons (Fsp3) is 0.500. The van der Waals surface area contributed by atoms with Gasteiger partial charge in [-0.05, 0) is 26.0 Å². The first-order valence-electron chi connectivity index (χ1n) is 6.02. The van der Waals surface area contributed by atoms with Gasteiger partial charge in [-0.25, -0.2) is 4.98 Å². The van der Waals surface area contributed by atoms with Crippen LogP contribution in [0.1, 0.15) is 12.2 Å². The van der Waals surface area contributed by atoms with Crippen LogP contribution in [0.5, 0.6) is 0 Å². The third-order valence-electron chi connectivity index (χ3n) is 2.75. The summed E-state index contributed by atoms with van der Waals surface area (Å²) in [7, 11) is 0. The minimum absolute atomic E-state index is 0.976. The van der Waals surface area contributed by atoms with E-state index in [9.17, 15) is 0 Å². The molecule has 2 aromatic heterocycles. The van der Waals surface area contributed by atoms with Gasteiger partial charge in [-0.1, -0.05) is 0 Å². The van der Waals surface area contributed by atoms with E-state index in [1.807, 2.05) is 42.5 Å². The molecule has 0 saturated heterocycles. The zero-order chi connectivity index (χ0) is 11.9. The third kappa shape index (κ3) is 3.71. The first-order valence-corrected chi connectivity index (χ1v) is 6.02. The van der Waals surface area contributed by atoms with Gasteiger partial charge in [-0.2, -0.15) is 5.10 Å². The Morgan fingerprint density at radius 2 is 2.12 bits per heavy atom. The van der Waals surface area contributed by atoms with E-state index in [1.54, 1.807) is 0 Å². The summed E-state index contributed by atoms with van der Waals surface area (Å²) in [5.41, 5.74) is 0. The Kier molecular flexibility index (Phi) is 4.32. The van der Waals surface area contributed by atoms with Crippen LogP contribution in [0.25, 0.3) is 0 Å². The van der Waals surface area contributed by atoms with Gasteiger partial charge in [0.05, 0.1) is 0 Å². The monoisotopic (exact) mass is 233 g/mol. The number of hydrogen-bond donors (Lipinski definition) is 1. The number of nitrogens with zero attached hydrogens (tertiary/aromatic N) is 4. The molecule has 0 amide bonds. The molecule has 0 bridgehead atoms. The van der Waals surface area contributed by atoms with Crippen molar-refractivity contribution in [1.82, 2.24) is 24.6 Å². The van der Waals surface area contributed by atoms with Crippen LogP contribution in [0.3, 0.4) is 0 Å². The zero-order valence-corrected chi connectivity index (χ0v) is 10.2. The summed E-state index contributed by atoms with van der Waals surface area (Å²) >= 11 is 0. The van der Waals surface area contributed by atoms with Crippen molar-refractivity contribution in [3.63, 3.8) is 0 Å². The summed E-state index contributed by atoms with van der Waals surface area (Å²) in [5, 5.41) is 7.59. The van der Waals surface area contributed by atoms with Gasteiger partial charge >= 0.3 is 0 Å². The summed E-state index contributed by atoms with van der Waals surface area (Å²) in [6.45, 7) is 5.99. The highest BCUT2D eigenvalue weighted by Crippen LogP contribution is 1.93. The molecule has 2 heterocycles. The maximum Gasteiger partial charge on any atom is 0.105 e. The highest BCUT2D eigenvalue weighted by Gasteiger charge is 1.95. The molecule has 0 aliphatic carbocycles. The molecule has 1 N–H and O–H groups in total. The molecule has 0 aromatic carbocycles. The van der Waals surface area contributed by atoms with E-state index in [1.165, 1.54) is 0 Å². The minimum atomic E-state index is 0.976. The Hall–Kier alpha value is -1.62. The van der Waals surface area contributed by atoms with Crippen LogP contribution in [0.15, 0.2) is 30.9 Å². The van der Waals surface area contributed by atoms with E-state index < -0.39 is 0 Å². The number of imidazole rings is 1. The molecular weight excluding hydrogens is 214 g/mol. The average molecular weight is 233 g/mol. The number of rotatable bonds is 7. The Morgan fingerprint density at radius 3 is 2.82 bits per heavy atom. The third-order valence-corrected chi connectivity index (χ3v) is 2.75. The molecule has 2 aromatic rings. The fourth-order valence-corrected chi connectivity index (χ4v) is 1.76. The topological polar surface area (TPSA) is 47.7 Å². The Bertz CT molecular complexity index is 418. The SMILES string of the molecule is Cc1nccn1CCNCCCn1cccn1. The summed E-state index contributed by atoms with van der Waals surface area (Å²) in [4.78, 5) is 4.19. The summed E-state index contributed by atoms with van der Waals surface area (Å²) in [6, 6.07) is 1.95. The molecule has 17 heavy (non-hydrogen) atoms. The molecule has 0 unspecified atom stereocenters. The molecule has 0 atom stereocenters. The van der Waals surface area contributed by atoms with E-state index >= 15 is 0 Å². The van der Waals surface area contributed by atoms with Crippen LogP contribution in [0, 0.1) is 6.92 Å². The molecule has 0 spiro atoms. The Balaban J connectivity index is 1.54. The highest BCUT2D eigenvalue weighted by molar-refractivity contribution is 4.88. The van der Waals surface area contributed by atoms with Gasteiger partial charge in [0.1, 0.15) is 5.82 Å². The van der Waals surface area contributed by atoms with Crippen LogP contribution in [0.4, 0.5) is 0 Å². The lowest BCUT2D eigenvalue weighted by atomic mass is 10.4. The van der Waals surface area contributed by atoms with Crippen LogP contribution in [-0.2, 0) is 13.1 Å². The second-order valence-corrected chi connectivity index (χ2v) is 4.04. The standard InChI is InChI=1S/C12H19N5/c1-12-14-7-11-16(12)10-6-13-4-2-8-17-9-3-5-15-17/h3,5,7,9,11,13H,2,4,6,8,10H2,1H3. The van der Waals surface area contributed by atoms with Crippen molar-refractivity contribution in [2.24, 2.45) is 0 Å². The quantitative estimate of drug-likeness (QED) is 0.728. The first-order chi connectivity index (χ1) is 8.36. The maximum atomic E-state index is 4.19. The molecule has 0 radical (unpaired) electrons. The molecule has 5 heteroatoms. The van der Waals surface area contributed by atoms with Crippen molar-refractivity contribution in [1.29, 1.82) is 0 Å². The number of hydrogen-bond acceptors (Lipinski definition) is 3. The minimum Gasteiger partial charge on any atom is -0.334 e. The average Bonchev–Trinajstić information content (AvgIpc) is 2.95. The molecule has 0 aliphatic rings. The van der Waals surface area contributed by atoms with Gasteiger partial charge < -0.3 is 9.88 Å². The van der Waals surface area contributed by atoms with E-state index in [0.717, 1.165) is 38.4 Å². The predicted molar refractivity (Wildman–Crippen MR) is 66.7 cm³/mol. The smallest absolute Gasteiger partial charge is 0.105 e. The summed E-state index contributed by atoms with van der Waals surface area (Å²) in [5.74, 6) is 1.07. The van der Waals surface area contributed by atoms with Crippen molar-refractivity contribution in [3.05, 3.63) is 36.7 Å². The largest absolute Gasteiger partial charge is 0.334 e. The second kappa shape index (κ2) is 6.20. The lowest BCUT2D eigenvalue weighted by Gasteiger charge is -2.07. The zero-order valence-electron chi connectivity index (χ0n) is 10.2. The van der Waals surface area contributed by atoms with Crippen molar-refractivity contribution < 1.29 is 0 Å².